The zero-order valence-electron chi connectivity index (χ0n) is 12.9. The van der Waals surface area contributed by atoms with Crippen molar-refractivity contribution in [1.82, 2.24) is 14.9 Å². The van der Waals surface area contributed by atoms with Crippen molar-refractivity contribution in [1.29, 1.82) is 0 Å². The van der Waals surface area contributed by atoms with Gasteiger partial charge in [-0.3, -0.25) is 4.90 Å². The predicted octanol–water partition coefficient (Wildman–Crippen LogP) is 0.965. The summed E-state index contributed by atoms with van der Waals surface area (Å²) in [6, 6.07) is 9.43. The quantitative estimate of drug-likeness (QED) is 0.850. The number of β-amino-alcohol motifs (C(OH)–C–C–N with tert-alkyl or cyclic N) is 1. The topological polar surface area (TPSA) is 87.7 Å². The molecule has 0 atom stereocenters. The second-order valence-corrected chi connectivity index (χ2v) is 5.38. The largest absolute Gasteiger partial charge is 0.437 e. The van der Waals surface area contributed by atoms with E-state index in [-0.39, 0.29) is 6.61 Å². The standard InChI is InChI=1S/C16H21N5O2/c17-14-15(21-8-6-20(7-9-21)10-11-22)18-12-19-16(14)23-13-4-2-1-3-5-13/h1-5,12,22H,6-11,17H2. The van der Waals surface area contributed by atoms with E-state index in [0.29, 0.717) is 29.7 Å². The van der Waals surface area contributed by atoms with Gasteiger partial charge >= 0.3 is 0 Å². The Labute approximate surface area is 135 Å². The lowest BCUT2D eigenvalue weighted by Gasteiger charge is -2.35. The third kappa shape index (κ3) is 3.69. The smallest absolute Gasteiger partial charge is 0.248 e. The van der Waals surface area contributed by atoms with Gasteiger partial charge in [-0.2, -0.15) is 4.98 Å². The molecule has 1 saturated heterocycles. The molecule has 1 fully saturated rings. The van der Waals surface area contributed by atoms with Crippen LogP contribution in [-0.4, -0.2) is 59.3 Å². The van der Waals surface area contributed by atoms with Gasteiger partial charge in [0.05, 0.1) is 6.61 Å². The minimum absolute atomic E-state index is 0.185. The molecule has 0 amide bonds. The van der Waals surface area contributed by atoms with Crippen LogP contribution in [0.15, 0.2) is 36.7 Å². The Morgan fingerprint density at radius 1 is 1.09 bits per heavy atom. The van der Waals surface area contributed by atoms with Gasteiger partial charge in [0.15, 0.2) is 5.82 Å². The molecule has 0 spiro atoms. The van der Waals surface area contributed by atoms with E-state index in [2.05, 4.69) is 19.8 Å². The summed E-state index contributed by atoms with van der Waals surface area (Å²) >= 11 is 0. The number of nitrogen functional groups attached to an aromatic ring is 1. The van der Waals surface area contributed by atoms with Crippen molar-refractivity contribution in [3.8, 4) is 11.6 Å². The summed E-state index contributed by atoms with van der Waals surface area (Å²) in [6.45, 7) is 4.26. The molecule has 0 unspecified atom stereocenters. The molecule has 0 saturated carbocycles. The van der Waals surface area contributed by atoms with Crippen molar-refractivity contribution in [2.45, 2.75) is 0 Å². The number of ether oxygens (including phenoxy) is 1. The fourth-order valence-corrected chi connectivity index (χ4v) is 2.63. The van der Waals surface area contributed by atoms with Gasteiger partial charge in [0.1, 0.15) is 17.8 Å². The molecule has 0 bridgehead atoms. The van der Waals surface area contributed by atoms with Gasteiger partial charge < -0.3 is 20.5 Å². The molecular formula is C16H21N5O2. The molecular weight excluding hydrogens is 294 g/mol. The van der Waals surface area contributed by atoms with Crippen molar-refractivity contribution in [2.24, 2.45) is 0 Å². The van der Waals surface area contributed by atoms with E-state index in [9.17, 15) is 0 Å². The van der Waals surface area contributed by atoms with Crippen molar-refractivity contribution in [3.05, 3.63) is 36.7 Å². The third-order valence-electron chi connectivity index (χ3n) is 3.87. The Morgan fingerprint density at radius 2 is 1.83 bits per heavy atom. The molecule has 122 valence electrons. The highest BCUT2D eigenvalue weighted by Crippen LogP contribution is 2.31. The molecule has 2 aromatic rings. The molecule has 1 aliphatic heterocycles. The van der Waals surface area contributed by atoms with E-state index in [1.165, 1.54) is 6.33 Å². The molecule has 7 nitrogen and oxygen atoms in total. The number of hydrogen-bond acceptors (Lipinski definition) is 7. The number of hydrogen-bond donors (Lipinski definition) is 2. The fourth-order valence-electron chi connectivity index (χ4n) is 2.63. The first-order chi connectivity index (χ1) is 11.3. The van der Waals surface area contributed by atoms with Crippen LogP contribution < -0.4 is 15.4 Å². The first-order valence-electron chi connectivity index (χ1n) is 7.69. The first kappa shape index (κ1) is 15.5. The van der Waals surface area contributed by atoms with Crippen LogP contribution in [0.5, 0.6) is 11.6 Å². The lowest BCUT2D eigenvalue weighted by molar-refractivity contribution is 0.188. The number of nitrogens with two attached hydrogens (primary N) is 1. The second kappa shape index (κ2) is 7.26. The maximum atomic E-state index is 9.01. The number of anilines is 2. The normalized spacial score (nSPS) is 15.6. The highest BCUT2D eigenvalue weighted by molar-refractivity contribution is 5.68. The Bertz CT molecular complexity index is 630. The van der Waals surface area contributed by atoms with Crippen LogP contribution in [0.1, 0.15) is 0 Å². The number of rotatable bonds is 5. The van der Waals surface area contributed by atoms with E-state index >= 15 is 0 Å². The SMILES string of the molecule is Nc1c(Oc2ccccc2)ncnc1N1CCN(CCO)CC1. The monoisotopic (exact) mass is 315 g/mol. The summed E-state index contributed by atoms with van der Waals surface area (Å²) in [6.07, 6.45) is 1.48. The average molecular weight is 315 g/mol. The van der Waals surface area contributed by atoms with Crippen LogP contribution in [-0.2, 0) is 0 Å². The zero-order valence-corrected chi connectivity index (χ0v) is 12.9. The van der Waals surface area contributed by atoms with E-state index in [4.69, 9.17) is 15.6 Å². The van der Waals surface area contributed by atoms with Gasteiger partial charge in [-0.25, -0.2) is 4.98 Å². The summed E-state index contributed by atoms with van der Waals surface area (Å²) < 4.78 is 5.75. The maximum absolute atomic E-state index is 9.01. The Hall–Kier alpha value is -2.38. The van der Waals surface area contributed by atoms with Gasteiger partial charge in [0.25, 0.3) is 0 Å². The van der Waals surface area contributed by atoms with Crippen LogP contribution in [0, 0.1) is 0 Å². The van der Waals surface area contributed by atoms with Gasteiger partial charge in [-0.1, -0.05) is 18.2 Å². The van der Waals surface area contributed by atoms with Crippen molar-refractivity contribution >= 4 is 11.5 Å². The van der Waals surface area contributed by atoms with Crippen LogP contribution in [0.2, 0.25) is 0 Å². The van der Waals surface area contributed by atoms with Crippen molar-refractivity contribution in [3.63, 3.8) is 0 Å². The number of aliphatic hydroxyl groups is 1. The van der Waals surface area contributed by atoms with Crippen LogP contribution in [0.25, 0.3) is 0 Å². The van der Waals surface area contributed by atoms with E-state index < -0.39 is 0 Å². The molecule has 0 aliphatic carbocycles. The van der Waals surface area contributed by atoms with Crippen molar-refractivity contribution < 1.29 is 9.84 Å². The summed E-state index contributed by atoms with van der Waals surface area (Å²) in [4.78, 5) is 12.8. The summed E-state index contributed by atoms with van der Waals surface area (Å²) in [5.74, 6) is 1.77. The van der Waals surface area contributed by atoms with Gasteiger partial charge in [0, 0.05) is 32.7 Å². The highest BCUT2D eigenvalue weighted by atomic mass is 16.5. The minimum atomic E-state index is 0.185. The molecule has 1 aliphatic rings. The molecule has 7 heteroatoms. The van der Waals surface area contributed by atoms with Gasteiger partial charge in [-0.15, -0.1) is 0 Å². The lowest BCUT2D eigenvalue weighted by atomic mass is 10.3. The molecule has 3 N–H and O–H groups in total. The number of benzene rings is 1. The Balaban J connectivity index is 1.73. The average Bonchev–Trinajstić information content (AvgIpc) is 2.59. The summed E-state index contributed by atoms with van der Waals surface area (Å²) in [5, 5.41) is 9.01. The van der Waals surface area contributed by atoms with Crippen LogP contribution in [0.3, 0.4) is 0 Å². The van der Waals surface area contributed by atoms with Crippen molar-refractivity contribution in [2.75, 3.05) is 50.0 Å². The summed E-state index contributed by atoms with van der Waals surface area (Å²) in [7, 11) is 0. The third-order valence-corrected chi connectivity index (χ3v) is 3.87. The number of aliphatic hydroxyl groups excluding tert-OH is 1. The number of piperazine rings is 1. The van der Waals surface area contributed by atoms with E-state index in [0.717, 1.165) is 26.2 Å². The number of aromatic nitrogens is 2. The number of para-hydroxylation sites is 1. The zero-order chi connectivity index (χ0) is 16.1. The van der Waals surface area contributed by atoms with Gasteiger partial charge in [-0.05, 0) is 12.1 Å². The molecule has 1 aromatic heterocycles. The Morgan fingerprint density at radius 3 is 2.52 bits per heavy atom. The van der Waals surface area contributed by atoms with Gasteiger partial charge in [0.2, 0.25) is 5.88 Å². The maximum Gasteiger partial charge on any atom is 0.248 e. The molecule has 1 aromatic carbocycles. The fraction of sp³-hybridized carbons (Fsp3) is 0.375. The molecule has 0 radical (unpaired) electrons. The van der Waals surface area contributed by atoms with E-state index in [1.54, 1.807) is 0 Å². The highest BCUT2D eigenvalue weighted by Gasteiger charge is 2.21. The summed E-state index contributed by atoms with van der Waals surface area (Å²) in [5.41, 5.74) is 6.66. The lowest BCUT2D eigenvalue weighted by Crippen LogP contribution is -2.47. The minimum Gasteiger partial charge on any atom is -0.437 e. The molecule has 2 heterocycles. The Kier molecular flexibility index (Phi) is 4.89. The molecule has 23 heavy (non-hydrogen) atoms. The molecule has 3 rings (SSSR count). The predicted molar refractivity (Wildman–Crippen MR) is 88.7 cm³/mol. The van der Waals surface area contributed by atoms with E-state index in [1.807, 2.05) is 30.3 Å². The number of nitrogens with zero attached hydrogens (tertiary/aromatic N) is 4. The first-order valence-corrected chi connectivity index (χ1v) is 7.69. The second-order valence-electron chi connectivity index (χ2n) is 5.38. The van der Waals surface area contributed by atoms with Crippen LogP contribution in [0.4, 0.5) is 11.5 Å². The van der Waals surface area contributed by atoms with Crippen LogP contribution >= 0.6 is 0 Å².